The van der Waals surface area contributed by atoms with Gasteiger partial charge in [0.15, 0.2) is 0 Å². The summed E-state index contributed by atoms with van der Waals surface area (Å²) in [6.45, 7) is 1.80. The summed E-state index contributed by atoms with van der Waals surface area (Å²) in [5, 5.41) is 9.17. The van der Waals surface area contributed by atoms with Gasteiger partial charge in [0, 0.05) is 11.6 Å². The van der Waals surface area contributed by atoms with Gasteiger partial charge in [-0.05, 0) is 43.5 Å². The molecule has 0 saturated carbocycles. The zero-order valence-electron chi connectivity index (χ0n) is 9.61. The van der Waals surface area contributed by atoms with E-state index in [0.29, 0.717) is 23.6 Å². The van der Waals surface area contributed by atoms with Crippen molar-refractivity contribution < 1.29 is 13.5 Å². The SMILES string of the molecule is Cc1cc(Cl)ccc1NS(=O)(=O)CCCCO. The molecular formula is C11H16ClNO3S. The predicted octanol–water partition coefficient (Wildman–Crippen LogP) is 2.16. The third-order valence-corrected chi connectivity index (χ3v) is 3.87. The van der Waals surface area contributed by atoms with Gasteiger partial charge in [0.05, 0.1) is 11.4 Å². The van der Waals surface area contributed by atoms with E-state index in [9.17, 15) is 8.42 Å². The molecular weight excluding hydrogens is 262 g/mol. The van der Waals surface area contributed by atoms with Crippen LogP contribution in [0.1, 0.15) is 18.4 Å². The fraction of sp³-hybridized carbons (Fsp3) is 0.455. The number of aryl methyl sites for hydroxylation is 1. The maximum Gasteiger partial charge on any atom is 0.232 e. The number of benzene rings is 1. The van der Waals surface area contributed by atoms with Crippen molar-refractivity contribution in [3.8, 4) is 0 Å². The van der Waals surface area contributed by atoms with Crippen LogP contribution in [0.25, 0.3) is 0 Å². The Balaban J connectivity index is 2.69. The van der Waals surface area contributed by atoms with Crippen LogP contribution >= 0.6 is 11.6 Å². The van der Waals surface area contributed by atoms with E-state index in [1.807, 2.05) is 0 Å². The van der Waals surface area contributed by atoms with Gasteiger partial charge in [-0.1, -0.05) is 11.6 Å². The molecule has 1 rings (SSSR count). The van der Waals surface area contributed by atoms with Gasteiger partial charge < -0.3 is 5.11 Å². The monoisotopic (exact) mass is 277 g/mol. The third-order valence-electron chi connectivity index (χ3n) is 2.28. The highest BCUT2D eigenvalue weighted by Gasteiger charge is 2.11. The number of hydrogen-bond donors (Lipinski definition) is 2. The summed E-state index contributed by atoms with van der Waals surface area (Å²) < 4.78 is 25.9. The molecule has 0 fully saturated rings. The molecule has 0 saturated heterocycles. The van der Waals surface area contributed by atoms with Crippen molar-refractivity contribution in [3.05, 3.63) is 28.8 Å². The van der Waals surface area contributed by atoms with Crippen LogP contribution in [-0.4, -0.2) is 25.9 Å². The largest absolute Gasteiger partial charge is 0.396 e. The normalized spacial score (nSPS) is 11.5. The second kappa shape index (κ2) is 6.23. The molecule has 0 radical (unpaired) electrons. The first-order valence-electron chi connectivity index (χ1n) is 5.32. The number of hydrogen-bond acceptors (Lipinski definition) is 3. The number of aliphatic hydroxyl groups is 1. The van der Waals surface area contributed by atoms with E-state index in [2.05, 4.69) is 4.72 Å². The number of anilines is 1. The zero-order chi connectivity index (χ0) is 12.9. The summed E-state index contributed by atoms with van der Waals surface area (Å²) in [5.74, 6) is 0.00955. The molecule has 0 aliphatic heterocycles. The van der Waals surface area contributed by atoms with E-state index >= 15 is 0 Å². The van der Waals surface area contributed by atoms with Crippen LogP contribution in [0.5, 0.6) is 0 Å². The number of unbranched alkanes of at least 4 members (excludes halogenated alkanes) is 1. The highest BCUT2D eigenvalue weighted by Crippen LogP contribution is 2.20. The summed E-state index contributed by atoms with van der Waals surface area (Å²) in [5.41, 5.74) is 1.32. The molecule has 6 heteroatoms. The smallest absolute Gasteiger partial charge is 0.232 e. The van der Waals surface area contributed by atoms with Crippen LogP contribution in [0.4, 0.5) is 5.69 Å². The van der Waals surface area contributed by atoms with Gasteiger partial charge in [0.1, 0.15) is 0 Å². The Morgan fingerprint density at radius 3 is 2.65 bits per heavy atom. The lowest BCUT2D eigenvalue weighted by atomic mass is 10.2. The Morgan fingerprint density at radius 1 is 1.35 bits per heavy atom. The van der Waals surface area contributed by atoms with E-state index in [4.69, 9.17) is 16.7 Å². The highest BCUT2D eigenvalue weighted by atomic mass is 35.5. The van der Waals surface area contributed by atoms with Gasteiger partial charge in [-0.25, -0.2) is 8.42 Å². The minimum atomic E-state index is -3.35. The molecule has 96 valence electrons. The first-order chi connectivity index (χ1) is 7.94. The van der Waals surface area contributed by atoms with E-state index in [1.54, 1.807) is 25.1 Å². The van der Waals surface area contributed by atoms with E-state index in [0.717, 1.165) is 5.56 Å². The van der Waals surface area contributed by atoms with Crippen molar-refractivity contribution >= 4 is 27.3 Å². The third kappa shape index (κ3) is 4.93. The van der Waals surface area contributed by atoms with Gasteiger partial charge in [-0.2, -0.15) is 0 Å². The van der Waals surface area contributed by atoms with Crippen molar-refractivity contribution in [3.63, 3.8) is 0 Å². The number of aliphatic hydroxyl groups excluding tert-OH is 1. The van der Waals surface area contributed by atoms with Gasteiger partial charge in [0.25, 0.3) is 0 Å². The molecule has 0 atom stereocenters. The number of halogens is 1. The lowest BCUT2D eigenvalue weighted by Crippen LogP contribution is -2.17. The van der Waals surface area contributed by atoms with Crippen LogP contribution < -0.4 is 4.72 Å². The molecule has 0 aliphatic carbocycles. The van der Waals surface area contributed by atoms with Gasteiger partial charge in [0.2, 0.25) is 10.0 Å². The van der Waals surface area contributed by atoms with Gasteiger partial charge >= 0.3 is 0 Å². The number of nitrogens with one attached hydrogen (secondary N) is 1. The predicted molar refractivity (Wildman–Crippen MR) is 69.9 cm³/mol. The topological polar surface area (TPSA) is 66.4 Å². The van der Waals surface area contributed by atoms with Crippen LogP contribution in [-0.2, 0) is 10.0 Å². The maximum atomic E-state index is 11.7. The first-order valence-corrected chi connectivity index (χ1v) is 7.35. The molecule has 0 aliphatic rings. The Hall–Kier alpha value is -0.780. The second-order valence-electron chi connectivity index (χ2n) is 3.81. The minimum absolute atomic E-state index is 0.00942. The summed E-state index contributed by atoms with van der Waals surface area (Å²) in [6, 6.07) is 4.98. The molecule has 2 N–H and O–H groups in total. The summed E-state index contributed by atoms with van der Waals surface area (Å²) in [4.78, 5) is 0. The highest BCUT2D eigenvalue weighted by molar-refractivity contribution is 7.92. The number of sulfonamides is 1. The molecule has 0 spiro atoms. The molecule has 0 bridgehead atoms. The van der Waals surface area contributed by atoms with Crippen LogP contribution in [0.3, 0.4) is 0 Å². The molecule has 0 amide bonds. The van der Waals surface area contributed by atoms with E-state index in [1.165, 1.54) is 0 Å². The summed E-state index contributed by atoms with van der Waals surface area (Å²) in [6.07, 6.45) is 0.930. The van der Waals surface area contributed by atoms with Crippen molar-refractivity contribution in [2.75, 3.05) is 17.1 Å². The molecule has 0 heterocycles. The molecule has 1 aromatic rings. The lowest BCUT2D eigenvalue weighted by molar-refractivity contribution is 0.287. The zero-order valence-corrected chi connectivity index (χ0v) is 11.2. The van der Waals surface area contributed by atoms with E-state index in [-0.39, 0.29) is 12.4 Å². The summed E-state index contributed by atoms with van der Waals surface area (Å²) >= 11 is 5.79. The standard InChI is InChI=1S/C11H16ClNO3S/c1-9-8-10(12)4-5-11(9)13-17(15,16)7-3-2-6-14/h4-5,8,13-14H,2-3,6-7H2,1H3. The average Bonchev–Trinajstić information content (AvgIpc) is 2.22. The molecule has 17 heavy (non-hydrogen) atoms. The fourth-order valence-corrected chi connectivity index (χ4v) is 2.84. The average molecular weight is 278 g/mol. The Kier molecular flexibility index (Phi) is 5.24. The first kappa shape index (κ1) is 14.3. The van der Waals surface area contributed by atoms with E-state index < -0.39 is 10.0 Å². The van der Waals surface area contributed by atoms with Crippen LogP contribution in [0, 0.1) is 6.92 Å². The van der Waals surface area contributed by atoms with Gasteiger partial charge in [-0.15, -0.1) is 0 Å². The maximum absolute atomic E-state index is 11.7. The molecule has 0 aromatic heterocycles. The summed E-state index contributed by atoms with van der Waals surface area (Å²) in [7, 11) is -3.35. The van der Waals surface area contributed by atoms with Crippen molar-refractivity contribution in [1.29, 1.82) is 0 Å². The van der Waals surface area contributed by atoms with Crippen molar-refractivity contribution in [2.45, 2.75) is 19.8 Å². The Bertz CT molecular complexity index is 474. The Labute approximate surface area is 107 Å². The van der Waals surface area contributed by atoms with Crippen molar-refractivity contribution in [1.82, 2.24) is 0 Å². The second-order valence-corrected chi connectivity index (χ2v) is 6.09. The number of rotatable bonds is 6. The minimum Gasteiger partial charge on any atom is -0.396 e. The molecule has 1 aromatic carbocycles. The van der Waals surface area contributed by atoms with Gasteiger partial charge in [-0.3, -0.25) is 4.72 Å². The van der Waals surface area contributed by atoms with Crippen molar-refractivity contribution in [2.24, 2.45) is 0 Å². The quantitative estimate of drug-likeness (QED) is 0.783. The molecule has 4 nitrogen and oxygen atoms in total. The van der Waals surface area contributed by atoms with Crippen LogP contribution in [0.2, 0.25) is 5.02 Å². The molecule has 0 unspecified atom stereocenters. The fourth-order valence-electron chi connectivity index (χ4n) is 1.36. The Morgan fingerprint density at radius 2 is 2.06 bits per heavy atom. The van der Waals surface area contributed by atoms with Crippen LogP contribution in [0.15, 0.2) is 18.2 Å². The lowest BCUT2D eigenvalue weighted by Gasteiger charge is -2.10.